The monoisotopic (exact) mass is 381 g/mol. The van der Waals surface area contributed by atoms with E-state index in [2.05, 4.69) is 63.3 Å². The highest BCUT2D eigenvalue weighted by molar-refractivity contribution is 9.10. The van der Waals surface area contributed by atoms with Crippen molar-refractivity contribution in [3.05, 3.63) is 44.5 Å². The standard InChI is InChI=1S/C15H13BrClN3S/c1-3-9-7-10-13(19-15(17)20-14(10)21-9)18-12-5-4-8(2)6-11(12)16/h4-7H,3H2,1-2H3,(H,18,19,20). The topological polar surface area (TPSA) is 37.8 Å². The van der Waals surface area contributed by atoms with Crippen LogP contribution in [0.1, 0.15) is 17.4 Å². The van der Waals surface area contributed by atoms with Crippen LogP contribution in [0.2, 0.25) is 5.28 Å². The van der Waals surface area contributed by atoms with Gasteiger partial charge in [0, 0.05) is 9.35 Å². The smallest absolute Gasteiger partial charge is 0.225 e. The number of thiophene rings is 1. The molecule has 0 radical (unpaired) electrons. The maximum Gasteiger partial charge on any atom is 0.225 e. The largest absolute Gasteiger partial charge is 0.339 e. The highest BCUT2D eigenvalue weighted by atomic mass is 79.9. The maximum absolute atomic E-state index is 6.04. The third-order valence-corrected chi connectivity index (χ3v) is 5.14. The molecule has 3 aromatic rings. The summed E-state index contributed by atoms with van der Waals surface area (Å²) >= 11 is 11.3. The molecule has 0 fully saturated rings. The molecule has 0 aliphatic heterocycles. The van der Waals surface area contributed by atoms with Crippen LogP contribution in [-0.4, -0.2) is 9.97 Å². The third kappa shape index (κ3) is 3.05. The Labute approximate surface area is 140 Å². The minimum absolute atomic E-state index is 0.262. The van der Waals surface area contributed by atoms with Gasteiger partial charge in [-0.05, 0) is 64.6 Å². The van der Waals surface area contributed by atoms with Crippen LogP contribution in [-0.2, 0) is 6.42 Å². The highest BCUT2D eigenvalue weighted by Crippen LogP contribution is 2.33. The third-order valence-electron chi connectivity index (χ3n) is 3.14. The lowest BCUT2D eigenvalue weighted by atomic mass is 10.2. The number of anilines is 2. The Kier molecular flexibility index (Phi) is 4.15. The van der Waals surface area contributed by atoms with Gasteiger partial charge < -0.3 is 5.32 Å². The average Bonchev–Trinajstić information content (AvgIpc) is 2.85. The zero-order valence-electron chi connectivity index (χ0n) is 11.6. The number of hydrogen-bond donors (Lipinski definition) is 1. The molecule has 21 heavy (non-hydrogen) atoms. The van der Waals surface area contributed by atoms with Crippen LogP contribution in [0.15, 0.2) is 28.7 Å². The van der Waals surface area contributed by atoms with Crippen LogP contribution in [0.5, 0.6) is 0 Å². The Morgan fingerprint density at radius 2 is 2.10 bits per heavy atom. The lowest BCUT2D eigenvalue weighted by Gasteiger charge is -2.09. The molecule has 0 amide bonds. The Hall–Kier alpha value is -1.17. The molecular weight excluding hydrogens is 370 g/mol. The number of fused-ring (bicyclic) bond motifs is 1. The van der Waals surface area contributed by atoms with Crippen LogP contribution in [0.4, 0.5) is 11.5 Å². The minimum atomic E-state index is 0.262. The van der Waals surface area contributed by atoms with E-state index in [0.29, 0.717) is 0 Å². The van der Waals surface area contributed by atoms with Crippen LogP contribution >= 0.6 is 38.9 Å². The fourth-order valence-corrected chi connectivity index (χ4v) is 3.84. The molecule has 2 heterocycles. The quantitative estimate of drug-likeness (QED) is 0.588. The van der Waals surface area contributed by atoms with Gasteiger partial charge in [0.2, 0.25) is 5.28 Å². The van der Waals surface area contributed by atoms with Crippen molar-refractivity contribution in [3.8, 4) is 0 Å². The molecule has 0 aliphatic carbocycles. The molecule has 3 rings (SSSR count). The Morgan fingerprint density at radius 3 is 2.81 bits per heavy atom. The number of aromatic nitrogens is 2. The van der Waals surface area contributed by atoms with Gasteiger partial charge >= 0.3 is 0 Å². The van der Waals surface area contributed by atoms with Crippen molar-refractivity contribution in [3.63, 3.8) is 0 Å². The van der Waals surface area contributed by atoms with Gasteiger partial charge in [-0.25, -0.2) is 4.98 Å². The molecule has 0 spiro atoms. The van der Waals surface area contributed by atoms with Gasteiger partial charge in [-0.1, -0.05) is 13.0 Å². The summed E-state index contributed by atoms with van der Waals surface area (Å²) in [5.74, 6) is 0.741. The SMILES string of the molecule is CCc1cc2c(Nc3ccc(C)cc3Br)nc(Cl)nc2s1. The summed E-state index contributed by atoms with van der Waals surface area (Å²) in [5, 5.41) is 4.61. The molecule has 0 bridgehead atoms. The van der Waals surface area contributed by atoms with Crippen molar-refractivity contribution in [2.45, 2.75) is 20.3 Å². The van der Waals surface area contributed by atoms with E-state index in [-0.39, 0.29) is 5.28 Å². The lowest BCUT2D eigenvalue weighted by Crippen LogP contribution is -1.96. The van der Waals surface area contributed by atoms with E-state index in [1.54, 1.807) is 11.3 Å². The van der Waals surface area contributed by atoms with Crippen molar-refractivity contribution in [1.29, 1.82) is 0 Å². The summed E-state index contributed by atoms with van der Waals surface area (Å²) in [5.41, 5.74) is 2.16. The first-order chi connectivity index (χ1) is 10.1. The van der Waals surface area contributed by atoms with Gasteiger partial charge in [0.25, 0.3) is 0 Å². The first-order valence-electron chi connectivity index (χ1n) is 6.56. The van der Waals surface area contributed by atoms with Gasteiger partial charge in [-0.3, -0.25) is 0 Å². The average molecular weight is 383 g/mol. The van der Waals surface area contributed by atoms with E-state index in [1.165, 1.54) is 10.4 Å². The fourth-order valence-electron chi connectivity index (χ4n) is 2.06. The van der Waals surface area contributed by atoms with E-state index in [9.17, 15) is 0 Å². The zero-order valence-corrected chi connectivity index (χ0v) is 14.7. The molecule has 1 N–H and O–H groups in total. The Bertz CT molecular complexity index is 816. The van der Waals surface area contributed by atoms with Crippen molar-refractivity contribution in [1.82, 2.24) is 9.97 Å². The first kappa shape index (κ1) is 14.8. The molecule has 0 unspecified atom stereocenters. The summed E-state index contributed by atoms with van der Waals surface area (Å²) in [6, 6.07) is 8.26. The van der Waals surface area contributed by atoms with Crippen molar-refractivity contribution in [2.75, 3.05) is 5.32 Å². The molecule has 3 nitrogen and oxygen atoms in total. The summed E-state index contributed by atoms with van der Waals surface area (Å²) in [6.45, 7) is 4.18. The van der Waals surface area contributed by atoms with Gasteiger partial charge in [-0.15, -0.1) is 11.3 Å². The van der Waals surface area contributed by atoms with Gasteiger partial charge in [0.1, 0.15) is 10.6 Å². The number of rotatable bonds is 3. The van der Waals surface area contributed by atoms with Crippen LogP contribution in [0, 0.1) is 6.92 Å². The fraction of sp³-hybridized carbons (Fsp3) is 0.200. The van der Waals surface area contributed by atoms with Crippen molar-refractivity contribution >= 4 is 60.6 Å². The van der Waals surface area contributed by atoms with Gasteiger partial charge in [0.15, 0.2) is 0 Å². The molecule has 1 aromatic carbocycles. The van der Waals surface area contributed by atoms with Crippen molar-refractivity contribution in [2.24, 2.45) is 0 Å². The van der Waals surface area contributed by atoms with Crippen LogP contribution in [0.25, 0.3) is 10.2 Å². The van der Waals surface area contributed by atoms with E-state index >= 15 is 0 Å². The molecule has 2 aromatic heterocycles. The predicted molar refractivity (Wildman–Crippen MR) is 94.0 cm³/mol. The van der Waals surface area contributed by atoms with Crippen molar-refractivity contribution < 1.29 is 0 Å². The normalized spacial score (nSPS) is 11.0. The predicted octanol–water partition coefficient (Wildman–Crippen LogP) is 5.72. The molecule has 0 atom stereocenters. The van der Waals surface area contributed by atoms with Gasteiger partial charge in [0.05, 0.1) is 11.1 Å². The number of benzene rings is 1. The molecule has 0 aliphatic rings. The molecular formula is C15H13BrClN3S. The van der Waals surface area contributed by atoms with E-state index in [1.807, 2.05) is 6.07 Å². The maximum atomic E-state index is 6.04. The number of aryl methyl sites for hydroxylation is 2. The van der Waals surface area contributed by atoms with Crippen LogP contribution < -0.4 is 5.32 Å². The minimum Gasteiger partial charge on any atom is -0.339 e. The number of halogens is 2. The summed E-state index contributed by atoms with van der Waals surface area (Å²) < 4.78 is 0.997. The molecule has 108 valence electrons. The summed E-state index contributed by atoms with van der Waals surface area (Å²) in [4.78, 5) is 10.8. The van der Waals surface area contributed by atoms with Crippen LogP contribution in [0.3, 0.4) is 0 Å². The second kappa shape index (κ2) is 5.91. The first-order valence-corrected chi connectivity index (χ1v) is 8.54. The summed E-state index contributed by atoms with van der Waals surface area (Å²) in [7, 11) is 0. The Morgan fingerprint density at radius 1 is 1.29 bits per heavy atom. The molecule has 0 saturated carbocycles. The zero-order chi connectivity index (χ0) is 15.0. The van der Waals surface area contributed by atoms with E-state index in [4.69, 9.17) is 11.6 Å². The molecule has 6 heteroatoms. The number of nitrogens with one attached hydrogen (secondary N) is 1. The van der Waals surface area contributed by atoms with E-state index in [0.717, 1.165) is 32.6 Å². The number of hydrogen-bond acceptors (Lipinski definition) is 4. The second-order valence-corrected chi connectivity index (χ2v) is 7.04. The molecule has 0 saturated heterocycles. The second-order valence-electron chi connectivity index (χ2n) is 4.73. The highest BCUT2D eigenvalue weighted by Gasteiger charge is 2.12. The summed E-state index contributed by atoms with van der Waals surface area (Å²) in [6.07, 6.45) is 0.978. The number of nitrogens with zero attached hydrogens (tertiary/aromatic N) is 2. The lowest BCUT2D eigenvalue weighted by molar-refractivity contribution is 1.19. The van der Waals surface area contributed by atoms with Gasteiger partial charge in [-0.2, -0.15) is 4.98 Å². The van der Waals surface area contributed by atoms with E-state index < -0.39 is 0 Å². The Balaban J connectivity index is 2.08.